The lowest BCUT2D eigenvalue weighted by Gasteiger charge is -2.05. The highest BCUT2D eigenvalue weighted by Gasteiger charge is 2.06. The number of pyridine rings is 1. The minimum Gasteiger partial charge on any atom is -0.456 e. The van der Waals surface area contributed by atoms with Gasteiger partial charge in [0.2, 0.25) is 0 Å². The first-order valence-corrected chi connectivity index (χ1v) is 7.22. The lowest BCUT2D eigenvalue weighted by molar-refractivity contribution is 0.479. The molecule has 2 rings (SSSR count). The number of hydrogen-bond donors (Lipinski definition) is 0. The molecule has 1 aromatic heterocycles. The SMILES string of the molecule is CS(=O)(=O)c1ccc(Oc2ccc(C#N)nc2)cc1. The molecule has 0 aliphatic rings. The van der Waals surface area contributed by atoms with E-state index in [-0.39, 0.29) is 4.90 Å². The molecule has 6 heteroatoms. The lowest BCUT2D eigenvalue weighted by Crippen LogP contribution is -1.96. The lowest BCUT2D eigenvalue weighted by atomic mass is 10.3. The zero-order valence-electron chi connectivity index (χ0n) is 10.1. The predicted octanol–water partition coefficient (Wildman–Crippen LogP) is 2.15. The van der Waals surface area contributed by atoms with Gasteiger partial charge in [-0.05, 0) is 36.4 Å². The van der Waals surface area contributed by atoms with Crippen molar-refractivity contribution in [3.05, 3.63) is 48.3 Å². The molecular formula is C13H10N2O3S. The molecule has 0 amide bonds. The third-order valence-corrected chi connectivity index (χ3v) is 3.47. The molecule has 96 valence electrons. The van der Waals surface area contributed by atoms with Crippen molar-refractivity contribution >= 4 is 9.84 Å². The first-order valence-electron chi connectivity index (χ1n) is 5.33. The Kier molecular flexibility index (Phi) is 3.49. The summed E-state index contributed by atoms with van der Waals surface area (Å²) in [6, 6.07) is 11.1. The standard InChI is InChI=1S/C13H10N2O3S/c1-19(16,17)13-6-4-11(5-7-13)18-12-3-2-10(8-14)15-9-12/h2-7,9H,1H3. The molecule has 1 heterocycles. The Morgan fingerprint density at radius 3 is 2.21 bits per heavy atom. The van der Waals surface area contributed by atoms with Gasteiger partial charge in [0.15, 0.2) is 9.84 Å². The fraction of sp³-hybridized carbons (Fsp3) is 0.0769. The smallest absolute Gasteiger partial charge is 0.175 e. The number of rotatable bonds is 3. The van der Waals surface area contributed by atoms with Crippen LogP contribution in [0.1, 0.15) is 5.69 Å². The molecule has 0 aliphatic heterocycles. The molecule has 0 atom stereocenters. The van der Waals surface area contributed by atoms with Gasteiger partial charge >= 0.3 is 0 Å². The highest BCUT2D eigenvalue weighted by atomic mass is 32.2. The van der Waals surface area contributed by atoms with Gasteiger partial charge in [-0.25, -0.2) is 13.4 Å². The van der Waals surface area contributed by atoms with Gasteiger partial charge in [-0.2, -0.15) is 5.26 Å². The summed E-state index contributed by atoms with van der Waals surface area (Å²) in [5, 5.41) is 8.61. The van der Waals surface area contributed by atoms with Crippen molar-refractivity contribution in [3.63, 3.8) is 0 Å². The molecule has 0 aliphatic carbocycles. The van der Waals surface area contributed by atoms with E-state index in [0.29, 0.717) is 17.2 Å². The molecule has 0 saturated heterocycles. The van der Waals surface area contributed by atoms with E-state index >= 15 is 0 Å². The van der Waals surface area contributed by atoms with Crippen LogP contribution in [0.4, 0.5) is 0 Å². The third-order valence-electron chi connectivity index (χ3n) is 2.34. The first kappa shape index (κ1) is 13.1. The second kappa shape index (κ2) is 5.08. The van der Waals surface area contributed by atoms with Crippen LogP contribution in [0.3, 0.4) is 0 Å². The van der Waals surface area contributed by atoms with E-state index in [9.17, 15) is 8.42 Å². The van der Waals surface area contributed by atoms with Crippen LogP contribution in [-0.2, 0) is 9.84 Å². The molecule has 5 nitrogen and oxygen atoms in total. The Hall–Kier alpha value is -2.39. The van der Waals surface area contributed by atoms with Crippen molar-refractivity contribution < 1.29 is 13.2 Å². The van der Waals surface area contributed by atoms with Crippen LogP contribution in [0.2, 0.25) is 0 Å². The highest BCUT2D eigenvalue weighted by Crippen LogP contribution is 2.22. The van der Waals surface area contributed by atoms with E-state index in [4.69, 9.17) is 10.00 Å². The third kappa shape index (κ3) is 3.30. The summed E-state index contributed by atoms with van der Waals surface area (Å²) in [7, 11) is -3.21. The van der Waals surface area contributed by atoms with E-state index in [1.807, 2.05) is 6.07 Å². The zero-order chi connectivity index (χ0) is 13.9. The summed E-state index contributed by atoms with van der Waals surface area (Å²) in [5.74, 6) is 0.977. The fourth-order valence-electron chi connectivity index (χ4n) is 1.40. The Morgan fingerprint density at radius 1 is 1.11 bits per heavy atom. The molecule has 0 bridgehead atoms. The minimum absolute atomic E-state index is 0.234. The van der Waals surface area contributed by atoms with Crippen LogP contribution in [0.15, 0.2) is 47.5 Å². The second-order valence-corrected chi connectivity index (χ2v) is 5.85. The van der Waals surface area contributed by atoms with Gasteiger partial charge < -0.3 is 4.74 Å². The molecule has 2 aromatic rings. The minimum atomic E-state index is -3.21. The normalized spacial score (nSPS) is 10.7. The second-order valence-electron chi connectivity index (χ2n) is 3.84. The molecule has 0 spiro atoms. The van der Waals surface area contributed by atoms with Gasteiger partial charge in [0.25, 0.3) is 0 Å². The number of sulfone groups is 1. The summed E-state index contributed by atoms with van der Waals surface area (Å²) in [6.45, 7) is 0. The fourth-order valence-corrected chi connectivity index (χ4v) is 2.03. The molecule has 0 radical (unpaired) electrons. The summed E-state index contributed by atoms with van der Waals surface area (Å²) in [4.78, 5) is 4.10. The van der Waals surface area contributed by atoms with Crippen molar-refractivity contribution in [1.82, 2.24) is 4.98 Å². The Labute approximate surface area is 111 Å². The number of ether oxygens (including phenoxy) is 1. The Bertz CT molecular complexity index is 714. The summed E-state index contributed by atoms with van der Waals surface area (Å²) >= 11 is 0. The average molecular weight is 274 g/mol. The molecule has 0 unspecified atom stereocenters. The quantitative estimate of drug-likeness (QED) is 0.856. The van der Waals surface area contributed by atoms with Crippen LogP contribution in [0.25, 0.3) is 0 Å². The van der Waals surface area contributed by atoms with Crippen molar-refractivity contribution in [2.45, 2.75) is 4.90 Å². The highest BCUT2D eigenvalue weighted by molar-refractivity contribution is 7.90. The van der Waals surface area contributed by atoms with E-state index in [1.54, 1.807) is 24.3 Å². The van der Waals surface area contributed by atoms with Crippen LogP contribution >= 0.6 is 0 Å². The van der Waals surface area contributed by atoms with E-state index < -0.39 is 9.84 Å². The molecule has 0 saturated carbocycles. The zero-order valence-corrected chi connectivity index (χ0v) is 10.9. The number of hydrogen-bond acceptors (Lipinski definition) is 5. The number of aromatic nitrogens is 1. The van der Waals surface area contributed by atoms with Crippen molar-refractivity contribution in [2.24, 2.45) is 0 Å². The van der Waals surface area contributed by atoms with Gasteiger partial charge in [-0.1, -0.05) is 0 Å². The van der Waals surface area contributed by atoms with Gasteiger partial charge in [-0.3, -0.25) is 0 Å². The van der Waals surface area contributed by atoms with Gasteiger partial charge in [-0.15, -0.1) is 0 Å². The van der Waals surface area contributed by atoms with Crippen molar-refractivity contribution in [1.29, 1.82) is 5.26 Å². The maximum atomic E-state index is 11.3. The van der Waals surface area contributed by atoms with Gasteiger partial charge in [0.1, 0.15) is 23.3 Å². The summed E-state index contributed by atoms with van der Waals surface area (Å²) in [6.07, 6.45) is 2.58. The van der Waals surface area contributed by atoms with Crippen molar-refractivity contribution in [3.8, 4) is 17.6 Å². The number of nitrogens with zero attached hydrogens (tertiary/aromatic N) is 2. The monoisotopic (exact) mass is 274 g/mol. The van der Waals surface area contributed by atoms with Crippen LogP contribution in [-0.4, -0.2) is 19.7 Å². The molecule has 0 N–H and O–H groups in total. The Balaban J connectivity index is 2.17. The maximum Gasteiger partial charge on any atom is 0.175 e. The van der Waals surface area contributed by atoms with Gasteiger partial charge in [0.05, 0.1) is 11.1 Å². The largest absolute Gasteiger partial charge is 0.456 e. The summed E-state index contributed by atoms with van der Waals surface area (Å²) in [5.41, 5.74) is 0.305. The molecule has 1 aromatic carbocycles. The van der Waals surface area contributed by atoms with Crippen molar-refractivity contribution in [2.75, 3.05) is 6.26 Å². The Morgan fingerprint density at radius 2 is 1.74 bits per heavy atom. The van der Waals surface area contributed by atoms with Crippen LogP contribution in [0, 0.1) is 11.3 Å². The molecular weight excluding hydrogens is 264 g/mol. The van der Waals surface area contributed by atoms with E-state index in [0.717, 1.165) is 6.26 Å². The van der Waals surface area contributed by atoms with Gasteiger partial charge in [0, 0.05) is 6.26 Å². The van der Waals surface area contributed by atoms with E-state index in [1.165, 1.54) is 18.3 Å². The topological polar surface area (TPSA) is 80.0 Å². The number of benzene rings is 1. The number of nitriles is 1. The van der Waals surface area contributed by atoms with E-state index in [2.05, 4.69) is 4.98 Å². The molecule has 0 fully saturated rings. The molecule has 19 heavy (non-hydrogen) atoms. The average Bonchev–Trinajstić information content (AvgIpc) is 2.39. The predicted molar refractivity (Wildman–Crippen MR) is 68.6 cm³/mol. The van der Waals surface area contributed by atoms with Crippen LogP contribution in [0.5, 0.6) is 11.5 Å². The maximum absolute atomic E-state index is 11.3. The first-order chi connectivity index (χ1) is 8.99. The van der Waals surface area contributed by atoms with Crippen LogP contribution < -0.4 is 4.74 Å². The summed E-state index contributed by atoms with van der Waals surface area (Å²) < 4.78 is 28.1.